The van der Waals surface area contributed by atoms with Crippen molar-refractivity contribution in [1.82, 2.24) is 9.78 Å². The van der Waals surface area contributed by atoms with Crippen LogP contribution in [0.3, 0.4) is 0 Å². The minimum atomic E-state index is -0.376. The molecular weight excluding hydrogens is 327 g/mol. The smallest absolute Gasteiger partial charge is 0.269 e. The molecule has 0 aliphatic rings. The Balaban J connectivity index is 2.19. The summed E-state index contributed by atoms with van der Waals surface area (Å²) in [7, 11) is 0. The number of nitrogens with zero attached hydrogens (tertiary/aromatic N) is 2. The fourth-order valence-corrected chi connectivity index (χ4v) is 2.01. The van der Waals surface area contributed by atoms with E-state index in [9.17, 15) is 9.18 Å². The molecule has 1 aromatic heterocycles. The Morgan fingerprint density at radius 1 is 1.40 bits per heavy atom. The average molecular weight is 341 g/mol. The van der Waals surface area contributed by atoms with Crippen LogP contribution in [0.1, 0.15) is 5.56 Å². The first-order valence-electron chi connectivity index (χ1n) is 6.05. The van der Waals surface area contributed by atoms with Crippen molar-refractivity contribution >= 4 is 21.6 Å². The summed E-state index contributed by atoms with van der Waals surface area (Å²) in [5.74, 6) is -0.376. The number of aromatic nitrogens is 2. The van der Waals surface area contributed by atoms with Crippen molar-refractivity contribution in [3.63, 3.8) is 0 Å². The van der Waals surface area contributed by atoms with E-state index in [1.165, 1.54) is 23.0 Å². The van der Waals surface area contributed by atoms with Crippen LogP contribution in [0.4, 0.5) is 10.1 Å². The highest BCUT2D eigenvalue weighted by Gasteiger charge is 2.06. The van der Waals surface area contributed by atoms with E-state index in [2.05, 4.69) is 26.3 Å². The number of halogens is 2. The van der Waals surface area contributed by atoms with Crippen LogP contribution < -0.4 is 16.6 Å². The van der Waals surface area contributed by atoms with Crippen molar-refractivity contribution in [2.45, 2.75) is 6.54 Å². The maximum atomic E-state index is 13.7. The second kappa shape index (κ2) is 6.62. The zero-order chi connectivity index (χ0) is 14.5. The van der Waals surface area contributed by atoms with Gasteiger partial charge in [0.2, 0.25) is 0 Å². The number of rotatable bonds is 5. The number of nitrogens with two attached hydrogens (primary N) is 1. The molecule has 1 aromatic carbocycles. The molecule has 0 bridgehead atoms. The molecule has 106 valence electrons. The van der Waals surface area contributed by atoms with Crippen LogP contribution in [0.5, 0.6) is 0 Å². The van der Waals surface area contributed by atoms with Crippen molar-refractivity contribution in [2.75, 3.05) is 18.4 Å². The fourth-order valence-electron chi connectivity index (χ4n) is 1.68. The molecule has 3 N–H and O–H groups in total. The summed E-state index contributed by atoms with van der Waals surface area (Å²) in [5, 5.41) is 6.98. The van der Waals surface area contributed by atoms with Gasteiger partial charge in [0.05, 0.1) is 18.4 Å². The normalized spacial score (nSPS) is 10.6. The summed E-state index contributed by atoms with van der Waals surface area (Å²) in [4.78, 5) is 11.9. The Bertz CT molecular complexity index is 659. The maximum Gasteiger partial charge on any atom is 0.269 e. The zero-order valence-electron chi connectivity index (χ0n) is 10.6. The molecule has 0 aliphatic heterocycles. The van der Waals surface area contributed by atoms with Gasteiger partial charge in [0.1, 0.15) is 5.82 Å². The second-order valence-electron chi connectivity index (χ2n) is 4.19. The van der Waals surface area contributed by atoms with Gasteiger partial charge in [0.15, 0.2) is 0 Å². The third-order valence-electron chi connectivity index (χ3n) is 2.68. The van der Waals surface area contributed by atoms with Crippen LogP contribution in [0.2, 0.25) is 0 Å². The molecular formula is C13H14BrFN4O. The van der Waals surface area contributed by atoms with Gasteiger partial charge in [0.25, 0.3) is 5.56 Å². The van der Waals surface area contributed by atoms with Gasteiger partial charge in [-0.2, -0.15) is 5.10 Å². The summed E-state index contributed by atoms with van der Waals surface area (Å²) in [6.45, 7) is 1.12. The molecule has 2 aromatic rings. The SMILES string of the molecule is NCCNc1cnn(Cc2ccc(Br)cc2F)c(=O)c1. The molecule has 2 rings (SSSR count). The van der Waals surface area contributed by atoms with Gasteiger partial charge in [-0.05, 0) is 12.1 Å². The number of hydrogen-bond acceptors (Lipinski definition) is 4. The van der Waals surface area contributed by atoms with Gasteiger partial charge < -0.3 is 11.1 Å². The lowest BCUT2D eigenvalue weighted by Gasteiger charge is -2.08. The number of benzene rings is 1. The lowest BCUT2D eigenvalue weighted by molar-refractivity contribution is 0.572. The van der Waals surface area contributed by atoms with Gasteiger partial charge in [-0.1, -0.05) is 22.0 Å². The highest BCUT2D eigenvalue weighted by Crippen LogP contribution is 2.15. The second-order valence-corrected chi connectivity index (χ2v) is 5.11. The highest BCUT2D eigenvalue weighted by molar-refractivity contribution is 9.10. The quantitative estimate of drug-likeness (QED) is 0.866. The summed E-state index contributed by atoms with van der Waals surface area (Å²) in [5.41, 5.74) is 6.08. The van der Waals surface area contributed by atoms with E-state index < -0.39 is 0 Å². The first-order valence-corrected chi connectivity index (χ1v) is 6.84. The maximum absolute atomic E-state index is 13.7. The predicted molar refractivity (Wildman–Crippen MR) is 79.2 cm³/mol. The monoisotopic (exact) mass is 340 g/mol. The Labute approximate surface area is 123 Å². The van der Waals surface area contributed by atoms with Crippen LogP contribution in [0.25, 0.3) is 0 Å². The largest absolute Gasteiger partial charge is 0.382 e. The summed E-state index contributed by atoms with van der Waals surface area (Å²) >= 11 is 3.19. The minimum absolute atomic E-state index is 0.0924. The third-order valence-corrected chi connectivity index (χ3v) is 3.17. The van der Waals surface area contributed by atoms with Crippen LogP contribution in [-0.4, -0.2) is 22.9 Å². The summed E-state index contributed by atoms with van der Waals surface area (Å²) < 4.78 is 15.6. The van der Waals surface area contributed by atoms with Gasteiger partial charge in [0, 0.05) is 29.2 Å². The summed E-state index contributed by atoms with van der Waals surface area (Å²) in [6, 6.07) is 6.12. The zero-order valence-corrected chi connectivity index (χ0v) is 12.2. The van der Waals surface area contributed by atoms with Crippen LogP contribution in [0, 0.1) is 5.82 Å². The van der Waals surface area contributed by atoms with Crippen molar-refractivity contribution in [3.05, 3.63) is 56.7 Å². The molecule has 0 unspecified atom stereocenters. The van der Waals surface area contributed by atoms with Gasteiger partial charge in [-0.15, -0.1) is 0 Å². The first-order chi connectivity index (χ1) is 9.60. The number of nitrogens with one attached hydrogen (secondary N) is 1. The van der Waals surface area contributed by atoms with Crippen molar-refractivity contribution < 1.29 is 4.39 Å². The van der Waals surface area contributed by atoms with Crippen LogP contribution in [0.15, 0.2) is 39.7 Å². The van der Waals surface area contributed by atoms with E-state index in [4.69, 9.17) is 5.73 Å². The van der Waals surface area contributed by atoms with Gasteiger partial charge in [-0.25, -0.2) is 9.07 Å². The van der Waals surface area contributed by atoms with E-state index in [0.29, 0.717) is 28.8 Å². The fraction of sp³-hybridized carbons (Fsp3) is 0.231. The van der Waals surface area contributed by atoms with Crippen LogP contribution in [-0.2, 0) is 6.54 Å². The number of hydrogen-bond donors (Lipinski definition) is 2. The molecule has 0 radical (unpaired) electrons. The molecule has 1 heterocycles. The highest BCUT2D eigenvalue weighted by atomic mass is 79.9. The molecule has 0 amide bonds. The van der Waals surface area contributed by atoms with Crippen molar-refractivity contribution in [1.29, 1.82) is 0 Å². The number of anilines is 1. The molecule has 5 nitrogen and oxygen atoms in total. The van der Waals surface area contributed by atoms with Crippen molar-refractivity contribution in [3.8, 4) is 0 Å². The van der Waals surface area contributed by atoms with Gasteiger partial charge in [-0.3, -0.25) is 4.79 Å². The Hall–Kier alpha value is -1.73. The molecule has 0 fully saturated rings. The molecule has 0 saturated heterocycles. The molecule has 20 heavy (non-hydrogen) atoms. The average Bonchev–Trinajstić information content (AvgIpc) is 2.42. The van der Waals surface area contributed by atoms with E-state index in [1.54, 1.807) is 12.1 Å². The summed E-state index contributed by atoms with van der Waals surface area (Å²) in [6.07, 6.45) is 1.52. The minimum Gasteiger partial charge on any atom is -0.382 e. The molecule has 0 atom stereocenters. The topological polar surface area (TPSA) is 72.9 Å². The van der Waals surface area contributed by atoms with E-state index >= 15 is 0 Å². The van der Waals surface area contributed by atoms with Gasteiger partial charge >= 0.3 is 0 Å². The third kappa shape index (κ3) is 3.64. The lowest BCUT2D eigenvalue weighted by Crippen LogP contribution is -2.24. The lowest BCUT2D eigenvalue weighted by atomic mass is 10.2. The first kappa shape index (κ1) is 14.7. The van der Waals surface area contributed by atoms with E-state index in [-0.39, 0.29) is 17.9 Å². The standard InChI is InChI=1S/C13H14BrFN4O/c14-10-2-1-9(12(15)5-10)8-19-13(20)6-11(7-18-19)17-4-3-16/h1-2,5-7,17H,3-4,8,16H2. The molecule has 0 saturated carbocycles. The van der Waals surface area contributed by atoms with Crippen molar-refractivity contribution in [2.24, 2.45) is 5.73 Å². The molecule has 0 aliphatic carbocycles. The van der Waals surface area contributed by atoms with E-state index in [0.717, 1.165) is 0 Å². The van der Waals surface area contributed by atoms with Crippen LogP contribution >= 0.6 is 15.9 Å². The molecule has 0 spiro atoms. The molecule has 7 heteroatoms. The Kier molecular flexibility index (Phi) is 4.86. The van der Waals surface area contributed by atoms with E-state index in [1.807, 2.05) is 0 Å². The Morgan fingerprint density at radius 2 is 2.20 bits per heavy atom. The predicted octanol–water partition coefficient (Wildman–Crippen LogP) is 1.56. The Morgan fingerprint density at radius 3 is 2.85 bits per heavy atom.